The van der Waals surface area contributed by atoms with E-state index in [-0.39, 0.29) is 23.1 Å². The third-order valence-corrected chi connectivity index (χ3v) is 5.92. The number of nitrogen functional groups attached to an aromatic ring is 1. The number of amides is 1. The van der Waals surface area contributed by atoms with Gasteiger partial charge in [0.15, 0.2) is 5.69 Å². The number of aryl methyl sites for hydroxylation is 1. The molecular formula is C22H22N8O3S. The van der Waals surface area contributed by atoms with Gasteiger partial charge in [-0.25, -0.2) is 10.1 Å². The molecule has 0 bridgehead atoms. The molecule has 12 heteroatoms. The summed E-state index contributed by atoms with van der Waals surface area (Å²) < 4.78 is 6.03. The summed E-state index contributed by atoms with van der Waals surface area (Å²) in [6.45, 7) is 3.93. The number of phenolic OH excluding ortho intramolecular Hbond substituents is 1. The van der Waals surface area contributed by atoms with Crippen LogP contribution in [-0.4, -0.2) is 42.0 Å². The lowest BCUT2D eigenvalue weighted by Crippen LogP contribution is -2.22. The van der Waals surface area contributed by atoms with Crippen LogP contribution in [0.15, 0.2) is 63.2 Å². The highest BCUT2D eigenvalue weighted by atomic mass is 32.2. The molecule has 34 heavy (non-hydrogen) atoms. The summed E-state index contributed by atoms with van der Waals surface area (Å²) in [5.41, 5.74) is 11.5. The number of aromatic hydroxyl groups is 1. The first kappa shape index (κ1) is 23.0. The van der Waals surface area contributed by atoms with Crippen molar-refractivity contribution in [1.82, 2.24) is 30.7 Å². The van der Waals surface area contributed by atoms with Gasteiger partial charge in [-0.15, -0.1) is 16.9 Å². The Balaban J connectivity index is 1.61. The van der Waals surface area contributed by atoms with Crippen LogP contribution in [0, 0.1) is 6.92 Å². The summed E-state index contributed by atoms with van der Waals surface area (Å²) in [5.74, 6) is 0.139. The molecule has 11 nitrogen and oxygen atoms in total. The van der Waals surface area contributed by atoms with Crippen molar-refractivity contribution in [3.8, 4) is 11.6 Å². The van der Waals surface area contributed by atoms with Crippen LogP contribution in [0.3, 0.4) is 0 Å². The average Bonchev–Trinajstić information content (AvgIpc) is 3.45. The highest BCUT2D eigenvalue weighted by molar-refractivity contribution is 7.98. The van der Waals surface area contributed by atoms with Gasteiger partial charge in [0.1, 0.15) is 5.75 Å². The number of anilines is 1. The number of nitrogens with two attached hydrogens (primary N) is 1. The topological polar surface area (TPSA) is 157 Å². The number of benzene rings is 2. The van der Waals surface area contributed by atoms with Crippen LogP contribution in [0.4, 0.5) is 5.82 Å². The lowest BCUT2D eigenvalue weighted by molar-refractivity contribution is 0.0949. The van der Waals surface area contributed by atoms with Gasteiger partial charge in [0.25, 0.3) is 5.91 Å². The predicted molar refractivity (Wildman–Crippen MR) is 127 cm³/mol. The second-order valence-electron chi connectivity index (χ2n) is 7.27. The summed E-state index contributed by atoms with van der Waals surface area (Å²) in [5, 5.41) is 29.2. The first-order valence-corrected chi connectivity index (χ1v) is 11.3. The number of hydrazone groups is 1. The fourth-order valence-electron chi connectivity index (χ4n) is 3.07. The Bertz CT molecular complexity index is 1310. The molecule has 2 heterocycles. The van der Waals surface area contributed by atoms with Crippen molar-refractivity contribution >= 4 is 29.2 Å². The monoisotopic (exact) mass is 478 g/mol. The Labute approximate surface area is 199 Å². The molecule has 0 spiro atoms. The van der Waals surface area contributed by atoms with Crippen LogP contribution in [0.2, 0.25) is 0 Å². The number of carbonyl (C=O) groups is 1. The molecule has 0 unspecified atom stereocenters. The lowest BCUT2D eigenvalue weighted by atomic mass is 10.1. The molecule has 2 aromatic heterocycles. The summed E-state index contributed by atoms with van der Waals surface area (Å²) in [6, 6.07) is 14.6. The standard InChI is InChI=1S/C22H22N8O3S/c1-3-17(14-6-8-15(31)9-7-14)24-26-22(32)19-18(12-34-16-10-4-13(2)5-11-16)30(29-25-19)21-20(23)27-33-28-21/h4-11,31H,3,12H2,1-2H3,(H2,23,27)(H,26,32). The Morgan fingerprint density at radius 3 is 2.56 bits per heavy atom. The molecule has 0 fully saturated rings. The lowest BCUT2D eigenvalue weighted by Gasteiger charge is -2.07. The van der Waals surface area contributed by atoms with Gasteiger partial charge in [-0.2, -0.15) is 9.78 Å². The second kappa shape index (κ2) is 10.2. The number of hydrogen-bond acceptors (Lipinski definition) is 10. The maximum Gasteiger partial charge on any atom is 0.293 e. The number of nitrogens with zero attached hydrogens (tertiary/aromatic N) is 6. The number of rotatable bonds is 8. The van der Waals surface area contributed by atoms with Crippen LogP contribution < -0.4 is 11.2 Å². The molecule has 4 rings (SSSR count). The van der Waals surface area contributed by atoms with Crippen LogP contribution in [0.1, 0.15) is 40.7 Å². The van der Waals surface area contributed by atoms with E-state index in [9.17, 15) is 9.90 Å². The molecule has 0 aliphatic heterocycles. The third-order valence-electron chi connectivity index (χ3n) is 4.90. The molecule has 174 valence electrons. The van der Waals surface area contributed by atoms with E-state index in [0.717, 1.165) is 16.0 Å². The number of nitrogens with one attached hydrogen (secondary N) is 1. The van der Waals surface area contributed by atoms with Gasteiger partial charge >= 0.3 is 0 Å². The molecule has 4 aromatic rings. The van der Waals surface area contributed by atoms with E-state index in [1.54, 1.807) is 24.3 Å². The molecule has 0 saturated carbocycles. The zero-order chi connectivity index (χ0) is 24.1. The molecule has 1 amide bonds. The van der Waals surface area contributed by atoms with Gasteiger partial charge in [-0.1, -0.05) is 29.8 Å². The van der Waals surface area contributed by atoms with Gasteiger partial charge < -0.3 is 10.8 Å². The Morgan fingerprint density at radius 1 is 1.18 bits per heavy atom. The minimum Gasteiger partial charge on any atom is -0.508 e. The van der Waals surface area contributed by atoms with Gasteiger partial charge in [0.2, 0.25) is 11.6 Å². The quantitative estimate of drug-likeness (QED) is 0.197. The molecule has 0 saturated heterocycles. The summed E-state index contributed by atoms with van der Waals surface area (Å²) in [6.07, 6.45) is 0.565. The Kier molecular flexibility index (Phi) is 6.87. The van der Waals surface area contributed by atoms with Gasteiger partial charge in [-0.3, -0.25) is 4.79 Å². The minimum atomic E-state index is -0.537. The van der Waals surface area contributed by atoms with Crippen molar-refractivity contribution in [2.24, 2.45) is 5.10 Å². The van der Waals surface area contributed by atoms with Gasteiger partial charge in [0.05, 0.1) is 11.4 Å². The zero-order valence-corrected chi connectivity index (χ0v) is 19.3. The maximum absolute atomic E-state index is 13.0. The van der Waals surface area contributed by atoms with E-state index in [4.69, 9.17) is 10.4 Å². The van der Waals surface area contributed by atoms with E-state index in [2.05, 4.69) is 31.2 Å². The third kappa shape index (κ3) is 5.07. The van der Waals surface area contributed by atoms with E-state index in [1.165, 1.54) is 16.4 Å². The fraction of sp³-hybridized carbons (Fsp3) is 0.182. The number of carbonyl (C=O) groups excluding carboxylic acids is 1. The van der Waals surface area contributed by atoms with Crippen molar-refractivity contribution in [2.45, 2.75) is 30.9 Å². The first-order valence-electron chi connectivity index (χ1n) is 10.3. The Hall–Kier alpha value is -4.19. The zero-order valence-electron chi connectivity index (χ0n) is 18.5. The van der Waals surface area contributed by atoms with Crippen molar-refractivity contribution in [3.05, 3.63) is 71.0 Å². The number of phenols is 1. The summed E-state index contributed by atoms with van der Waals surface area (Å²) >= 11 is 1.50. The highest BCUT2D eigenvalue weighted by Gasteiger charge is 2.24. The average molecular weight is 479 g/mol. The second-order valence-corrected chi connectivity index (χ2v) is 8.32. The Morgan fingerprint density at radius 2 is 1.91 bits per heavy atom. The van der Waals surface area contributed by atoms with Crippen molar-refractivity contribution < 1.29 is 14.5 Å². The molecule has 2 aromatic carbocycles. The molecule has 0 aliphatic rings. The number of thioether (sulfide) groups is 1. The molecular weight excluding hydrogens is 456 g/mol. The maximum atomic E-state index is 13.0. The number of aromatic nitrogens is 5. The predicted octanol–water partition coefficient (Wildman–Crippen LogP) is 3.08. The summed E-state index contributed by atoms with van der Waals surface area (Å²) in [4.78, 5) is 14.0. The van der Waals surface area contributed by atoms with Crippen LogP contribution >= 0.6 is 11.8 Å². The van der Waals surface area contributed by atoms with E-state index >= 15 is 0 Å². The van der Waals surface area contributed by atoms with E-state index < -0.39 is 5.91 Å². The van der Waals surface area contributed by atoms with E-state index in [0.29, 0.717) is 23.6 Å². The fourth-order valence-corrected chi connectivity index (χ4v) is 3.97. The first-order chi connectivity index (χ1) is 16.5. The largest absolute Gasteiger partial charge is 0.508 e. The van der Waals surface area contributed by atoms with E-state index in [1.807, 2.05) is 38.1 Å². The van der Waals surface area contributed by atoms with Crippen LogP contribution in [-0.2, 0) is 5.75 Å². The van der Waals surface area contributed by atoms with Gasteiger partial charge in [0, 0.05) is 10.6 Å². The van der Waals surface area contributed by atoms with Crippen LogP contribution in [0.25, 0.3) is 5.82 Å². The van der Waals surface area contributed by atoms with Crippen molar-refractivity contribution in [2.75, 3.05) is 5.73 Å². The van der Waals surface area contributed by atoms with Crippen molar-refractivity contribution in [3.63, 3.8) is 0 Å². The normalized spacial score (nSPS) is 11.5. The summed E-state index contributed by atoms with van der Waals surface area (Å²) in [7, 11) is 0. The number of hydrogen-bond donors (Lipinski definition) is 3. The molecule has 4 N–H and O–H groups in total. The molecule has 0 atom stereocenters. The minimum absolute atomic E-state index is 0.0251. The molecule has 0 aliphatic carbocycles. The smallest absolute Gasteiger partial charge is 0.293 e. The van der Waals surface area contributed by atoms with Crippen molar-refractivity contribution in [1.29, 1.82) is 0 Å². The highest BCUT2D eigenvalue weighted by Crippen LogP contribution is 2.26. The van der Waals surface area contributed by atoms with Crippen LogP contribution in [0.5, 0.6) is 5.75 Å². The van der Waals surface area contributed by atoms with Gasteiger partial charge in [-0.05, 0) is 65.6 Å². The molecule has 0 radical (unpaired) electrons. The SMILES string of the molecule is CCC(=NNC(=O)c1nnn(-c2nonc2N)c1CSc1ccc(C)cc1)c1ccc(O)cc1.